The fraction of sp³-hybridized carbons (Fsp3) is 0.556. The Kier molecular flexibility index (Phi) is 6.40. The minimum Gasteiger partial charge on any atom is -0.376 e. The number of nitrogens with zero attached hydrogens (tertiary/aromatic N) is 2. The average Bonchev–Trinajstić information content (AvgIpc) is 3.16. The Morgan fingerprint density at radius 3 is 2.54 bits per heavy atom. The van der Waals surface area contributed by atoms with Crippen molar-refractivity contribution in [3.63, 3.8) is 0 Å². The smallest absolute Gasteiger partial charge is 0.317 e. The van der Waals surface area contributed by atoms with Crippen molar-refractivity contribution in [2.24, 2.45) is 0 Å². The van der Waals surface area contributed by atoms with Gasteiger partial charge in [-0.1, -0.05) is 0 Å². The summed E-state index contributed by atoms with van der Waals surface area (Å²) in [4.78, 5) is 28.0. The van der Waals surface area contributed by atoms with E-state index in [4.69, 9.17) is 4.74 Å². The van der Waals surface area contributed by atoms with Gasteiger partial charge in [-0.2, -0.15) is 0 Å². The summed E-state index contributed by atoms with van der Waals surface area (Å²) in [5.41, 5.74) is 0.573. The lowest BCUT2D eigenvalue weighted by Crippen LogP contribution is -2.53. The summed E-state index contributed by atoms with van der Waals surface area (Å²) in [5, 5.41) is 5.67. The molecule has 2 aliphatic rings. The van der Waals surface area contributed by atoms with E-state index in [1.807, 2.05) is 4.90 Å². The number of carbonyl (C=O) groups excluding carboxylic acids is 2. The van der Waals surface area contributed by atoms with Crippen molar-refractivity contribution in [2.75, 3.05) is 51.2 Å². The zero-order valence-corrected chi connectivity index (χ0v) is 14.7. The maximum Gasteiger partial charge on any atom is 0.317 e. The predicted octanol–water partition coefficient (Wildman–Crippen LogP) is 1.27. The summed E-state index contributed by atoms with van der Waals surface area (Å²) >= 11 is 0. The van der Waals surface area contributed by atoms with E-state index in [0.29, 0.717) is 38.4 Å². The van der Waals surface area contributed by atoms with Crippen LogP contribution in [0.1, 0.15) is 12.8 Å². The molecule has 8 heteroatoms. The van der Waals surface area contributed by atoms with Gasteiger partial charge in [-0.15, -0.1) is 0 Å². The standard InChI is InChI=1S/C18H25FN4O3/c19-14-3-5-15(6-4-14)21-17(24)13-22-7-9-23(10-8-22)18(25)20-12-16-2-1-11-26-16/h3-6,16H,1-2,7-13H2,(H,20,25)(H,21,24). The van der Waals surface area contributed by atoms with Gasteiger partial charge in [0.2, 0.25) is 5.91 Å². The lowest BCUT2D eigenvalue weighted by Gasteiger charge is -2.34. The lowest BCUT2D eigenvalue weighted by molar-refractivity contribution is -0.117. The second-order valence-corrected chi connectivity index (χ2v) is 6.64. The molecule has 26 heavy (non-hydrogen) atoms. The van der Waals surface area contributed by atoms with Crippen LogP contribution < -0.4 is 10.6 Å². The summed E-state index contributed by atoms with van der Waals surface area (Å²) in [6, 6.07) is 5.61. The minimum absolute atomic E-state index is 0.0732. The van der Waals surface area contributed by atoms with Gasteiger partial charge in [0.1, 0.15) is 5.82 Å². The Labute approximate surface area is 152 Å². The predicted molar refractivity (Wildman–Crippen MR) is 95.4 cm³/mol. The number of ether oxygens (including phenoxy) is 1. The maximum atomic E-state index is 12.9. The molecule has 7 nitrogen and oxygen atoms in total. The number of hydrogen-bond acceptors (Lipinski definition) is 4. The second kappa shape index (κ2) is 8.95. The monoisotopic (exact) mass is 364 g/mol. The molecular weight excluding hydrogens is 339 g/mol. The molecule has 3 rings (SSSR count). The molecule has 2 aliphatic heterocycles. The molecule has 1 aromatic rings. The van der Waals surface area contributed by atoms with Gasteiger partial charge in [0.05, 0.1) is 12.6 Å². The highest BCUT2D eigenvalue weighted by atomic mass is 19.1. The van der Waals surface area contributed by atoms with Crippen molar-refractivity contribution in [3.05, 3.63) is 30.1 Å². The van der Waals surface area contributed by atoms with Crippen LogP contribution in [-0.4, -0.2) is 73.7 Å². The van der Waals surface area contributed by atoms with Crippen molar-refractivity contribution in [1.29, 1.82) is 0 Å². The van der Waals surface area contributed by atoms with Gasteiger partial charge in [0, 0.05) is 45.0 Å². The molecule has 1 atom stereocenters. The van der Waals surface area contributed by atoms with E-state index in [2.05, 4.69) is 10.6 Å². The number of piperazine rings is 1. The van der Waals surface area contributed by atoms with Crippen LogP contribution in [0.3, 0.4) is 0 Å². The van der Waals surface area contributed by atoms with Crippen LogP contribution in [0.2, 0.25) is 0 Å². The molecule has 2 saturated heterocycles. The fourth-order valence-corrected chi connectivity index (χ4v) is 3.16. The van der Waals surface area contributed by atoms with E-state index in [1.165, 1.54) is 24.3 Å². The number of amides is 3. The minimum atomic E-state index is -0.336. The summed E-state index contributed by atoms with van der Waals surface area (Å²) in [7, 11) is 0. The highest BCUT2D eigenvalue weighted by Crippen LogP contribution is 2.11. The molecule has 2 heterocycles. The zero-order chi connectivity index (χ0) is 18.4. The SMILES string of the molecule is O=C(CN1CCN(C(=O)NCC2CCCO2)CC1)Nc1ccc(F)cc1. The van der Waals surface area contributed by atoms with Gasteiger partial charge in [-0.3, -0.25) is 9.69 Å². The molecule has 0 radical (unpaired) electrons. The number of anilines is 1. The van der Waals surface area contributed by atoms with E-state index in [0.717, 1.165) is 19.4 Å². The molecule has 3 amide bonds. The van der Waals surface area contributed by atoms with Crippen LogP contribution >= 0.6 is 0 Å². The molecule has 2 fully saturated rings. The first-order chi connectivity index (χ1) is 12.6. The normalized spacial score (nSPS) is 20.8. The van der Waals surface area contributed by atoms with Crippen LogP contribution in [0, 0.1) is 5.82 Å². The topological polar surface area (TPSA) is 73.9 Å². The Morgan fingerprint density at radius 1 is 1.15 bits per heavy atom. The van der Waals surface area contributed by atoms with Gasteiger partial charge in [0.15, 0.2) is 0 Å². The lowest BCUT2D eigenvalue weighted by atomic mass is 10.2. The first-order valence-electron chi connectivity index (χ1n) is 9.02. The Bertz CT molecular complexity index is 611. The molecule has 0 aromatic heterocycles. The third kappa shape index (κ3) is 5.40. The van der Waals surface area contributed by atoms with E-state index in [-0.39, 0.29) is 30.4 Å². The summed E-state index contributed by atoms with van der Waals surface area (Å²) in [6.45, 7) is 4.04. The zero-order valence-electron chi connectivity index (χ0n) is 14.7. The summed E-state index contributed by atoms with van der Waals surface area (Å²) in [5.74, 6) is -0.482. The Hall–Kier alpha value is -2.19. The van der Waals surface area contributed by atoms with Crippen molar-refractivity contribution in [3.8, 4) is 0 Å². The molecule has 1 unspecified atom stereocenters. The first-order valence-corrected chi connectivity index (χ1v) is 9.02. The Morgan fingerprint density at radius 2 is 1.88 bits per heavy atom. The quantitative estimate of drug-likeness (QED) is 0.825. The molecular formula is C18H25FN4O3. The van der Waals surface area contributed by atoms with Gasteiger partial charge >= 0.3 is 6.03 Å². The van der Waals surface area contributed by atoms with E-state index < -0.39 is 0 Å². The van der Waals surface area contributed by atoms with Gasteiger partial charge in [-0.25, -0.2) is 9.18 Å². The van der Waals surface area contributed by atoms with Crippen molar-refractivity contribution in [2.45, 2.75) is 18.9 Å². The summed E-state index contributed by atoms with van der Waals surface area (Å²) < 4.78 is 18.4. The van der Waals surface area contributed by atoms with Gasteiger partial charge in [0.25, 0.3) is 0 Å². The molecule has 0 saturated carbocycles. The summed E-state index contributed by atoms with van der Waals surface area (Å²) in [6.07, 6.45) is 2.19. The van der Waals surface area contributed by atoms with Crippen LogP contribution in [-0.2, 0) is 9.53 Å². The van der Waals surface area contributed by atoms with E-state index in [9.17, 15) is 14.0 Å². The third-order valence-corrected chi connectivity index (χ3v) is 4.66. The molecule has 1 aromatic carbocycles. The number of benzene rings is 1. The molecule has 2 N–H and O–H groups in total. The van der Waals surface area contributed by atoms with Crippen LogP contribution in [0.5, 0.6) is 0 Å². The largest absolute Gasteiger partial charge is 0.376 e. The highest BCUT2D eigenvalue weighted by molar-refractivity contribution is 5.92. The van der Waals surface area contributed by atoms with Gasteiger partial charge < -0.3 is 20.3 Å². The second-order valence-electron chi connectivity index (χ2n) is 6.64. The number of urea groups is 1. The molecule has 142 valence electrons. The van der Waals surface area contributed by atoms with Crippen LogP contribution in [0.4, 0.5) is 14.9 Å². The number of hydrogen-bond donors (Lipinski definition) is 2. The van der Waals surface area contributed by atoms with Crippen molar-refractivity contribution >= 4 is 17.6 Å². The molecule has 0 aliphatic carbocycles. The van der Waals surface area contributed by atoms with E-state index in [1.54, 1.807) is 4.90 Å². The van der Waals surface area contributed by atoms with Crippen LogP contribution in [0.15, 0.2) is 24.3 Å². The fourth-order valence-electron chi connectivity index (χ4n) is 3.16. The number of carbonyl (C=O) groups is 2. The maximum absolute atomic E-state index is 12.9. The number of nitrogens with one attached hydrogen (secondary N) is 2. The van der Waals surface area contributed by atoms with Gasteiger partial charge in [-0.05, 0) is 37.1 Å². The number of halogens is 1. The first kappa shape index (κ1) is 18.6. The molecule has 0 spiro atoms. The third-order valence-electron chi connectivity index (χ3n) is 4.66. The van der Waals surface area contributed by atoms with Crippen molar-refractivity contribution in [1.82, 2.24) is 15.1 Å². The molecule has 0 bridgehead atoms. The van der Waals surface area contributed by atoms with E-state index >= 15 is 0 Å². The number of rotatable bonds is 5. The van der Waals surface area contributed by atoms with Crippen molar-refractivity contribution < 1.29 is 18.7 Å². The van der Waals surface area contributed by atoms with Crippen LogP contribution in [0.25, 0.3) is 0 Å². The Balaban J connectivity index is 1.35. The average molecular weight is 364 g/mol. The highest BCUT2D eigenvalue weighted by Gasteiger charge is 2.23.